The van der Waals surface area contributed by atoms with Gasteiger partial charge in [0, 0.05) is 12.6 Å². The van der Waals surface area contributed by atoms with Gasteiger partial charge >= 0.3 is 0 Å². The summed E-state index contributed by atoms with van der Waals surface area (Å²) in [6.07, 6.45) is 2.57. The first-order valence-corrected chi connectivity index (χ1v) is 6.93. The standard InChI is InChI=1S/C16H27N/c1-5-9-14(4)16(12-17-13(2)3)15-10-7-6-8-11-15/h6-8,10-11,13-14,16-17H,5,9,12H2,1-4H3. The van der Waals surface area contributed by atoms with Crippen LogP contribution in [0.15, 0.2) is 30.3 Å². The van der Waals surface area contributed by atoms with Gasteiger partial charge in [0.15, 0.2) is 0 Å². The summed E-state index contributed by atoms with van der Waals surface area (Å²) in [7, 11) is 0. The Morgan fingerprint density at radius 2 is 1.71 bits per heavy atom. The van der Waals surface area contributed by atoms with Crippen LogP contribution in [0.5, 0.6) is 0 Å². The average Bonchev–Trinajstić information content (AvgIpc) is 2.30. The molecule has 1 rings (SSSR count). The Hall–Kier alpha value is -0.820. The van der Waals surface area contributed by atoms with E-state index in [4.69, 9.17) is 0 Å². The Kier molecular flexibility index (Phi) is 6.28. The van der Waals surface area contributed by atoms with Crippen LogP contribution in [-0.4, -0.2) is 12.6 Å². The molecule has 0 saturated heterocycles. The van der Waals surface area contributed by atoms with E-state index in [1.807, 2.05) is 0 Å². The van der Waals surface area contributed by atoms with Gasteiger partial charge in [-0.25, -0.2) is 0 Å². The molecule has 0 saturated carbocycles. The molecule has 1 aromatic carbocycles. The molecule has 17 heavy (non-hydrogen) atoms. The highest BCUT2D eigenvalue weighted by Crippen LogP contribution is 2.27. The maximum Gasteiger partial charge on any atom is 0.00250 e. The molecule has 0 aliphatic heterocycles. The molecule has 0 heterocycles. The minimum Gasteiger partial charge on any atom is -0.314 e. The van der Waals surface area contributed by atoms with Gasteiger partial charge in [-0.1, -0.05) is 70.9 Å². The van der Waals surface area contributed by atoms with Crippen molar-refractivity contribution < 1.29 is 0 Å². The number of hydrogen-bond acceptors (Lipinski definition) is 1. The highest BCUT2D eigenvalue weighted by Gasteiger charge is 2.18. The van der Waals surface area contributed by atoms with Crippen LogP contribution in [0.1, 0.15) is 52.0 Å². The van der Waals surface area contributed by atoms with E-state index < -0.39 is 0 Å². The van der Waals surface area contributed by atoms with Crippen molar-refractivity contribution in [3.63, 3.8) is 0 Å². The summed E-state index contributed by atoms with van der Waals surface area (Å²) in [4.78, 5) is 0. The Morgan fingerprint density at radius 1 is 1.06 bits per heavy atom. The maximum atomic E-state index is 3.58. The third-order valence-electron chi connectivity index (χ3n) is 3.40. The van der Waals surface area contributed by atoms with Crippen molar-refractivity contribution >= 4 is 0 Å². The zero-order chi connectivity index (χ0) is 12.7. The fraction of sp³-hybridized carbons (Fsp3) is 0.625. The van der Waals surface area contributed by atoms with Gasteiger partial charge in [0.1, 0.15) is 0 Å². The van der Waals surface area contributed by atoms with E-state index in [1.54, 1.807) is 0 Å². The molecule has 1 nitrogen and oxygen atoms in total. The molecule has 2 unspecified atom stereocenters. The molecule has 0 amide bonds. The van der Waals surface area contributed by atoms with Gasteiger partial charge in [0.05, 0.1) is 0 Å². The summed E-state index contributed by atoms with van der Waals surface area (Å²) in [6, 6.07) is 11.5. The lowest BCUT2D eigenvalue weighted by Crippen LogP contribution is -2.30. The fourth-order valence-electron chi connectivity index (χ4n) is 2.37. The molecule has 0 radical (unpaired) electrons. The van der Waals surface area contributed by atoms with Gasteiger partial charge in [-0.3, -0.25) is 0 Å². The van der Waals surface area contributed by atoms with E-state index >= 15 is 0 Å². The lowest BCUT2D eigenvalue weighted by atomic mass is 9.84. The molecule has 0 fully saturated rings. The van der Waals surface area contributed by atoms with Crippen LogP contribution in [0, 0.1) is 5.92 Å². The van der Waals surface area contributed by atoms with Crippen LogP contribution in [0.25, 0.3) is 0 Å². The molecule has 1 aromatic rings. The van der Waals surface area contributed by atoms with Gasteiger partial charge in [-0.05, 0) is 17.4 Å². The second-order valence-electron chi connectivity index (χ2n) is 5.35. The van der Waals surface area contributed by atoms with E-state index in [0.717, 1.165) is 12.5 Å². The number of nitrogens with one attached hydrogen (secondary N) is 1. The SMILES string of the molecule is CCCC(C)C(CNC(C)C)c1ccccc1. The normalized spacial score (nSPS) is 14.9. The van der Waals surface area contributed by atoms with E-state index in [0.29, 0.717) is 12.0 Å². The van der Waals surface area contributed by atoms with E-state index in [2.05, 4.69) is 63.3 Å². The van der Waals surface area contributed by atoms with Crippen molar-refractivity contribution in [2.75, 3.05) is 6.54 Å². The molecule has 1 heteroatoms. The smallest absolute Gasteiger partial charge is 0.00250 e. The van der Waals surface area contributed by atoms with Gasteiger partial charge < -0.3 is 5.32 Å². The topological polar surface area (TPSA) is 12.0 Å². The summed E-state index contributed by atoms with van der Waals surface area (Å²) in [5.74, 6) is 1.38. The summed E-state index contributed by atoms with van der Waals surface area (Å²) in [6.45, 7) is 10.2. The van der Waals surface area contributed by atoms with Crippen molar-refractivity contribution in [1.82, 2.24) is 5.32 Å². The molecule has 96 valence electrons. The summed E-state index contributed by atoms with van der Waals surface area (Å²) in [5, 5.41) is 3.58. The highest BCUT2D eigenvalue weighted by molar-refractivity contribution is 5.20. The number of benzene rings is 1. The van der Waals surface area contributed by atoms with Crippen molar-refractivity contribution in [3.8, 4) is 0 Å². The number of rotatable bonds is 7. The first-order valence-electron chi connectivity index (χ1n) is 6.93. The third kappa shape index (κ3) is 4.91. The fourth-order valence-corrected chi connectivity index (χ4v) is 2.37. The second kappa shape index (κ2) is 7.50. The second-order valence-corrected chi connectivity index (χ2v) is 5.35. The lowest BCUT2D eigenvalue weighted by Gasteiger charge is -2.25. The van der Waals surface area contributed by atoms with Gasteiger partial charge in [-0.2, -0.15) is 0 Å². The largest absolute Gasteiger partial charge is 0.314 e. The highest BCUT2D eigenvalue weighted by atomic mass is 14.9. The molecule has 0 spiro atoms. The zero-order valence-electron chi connectivity index (χ0n) is 11.7. The maximum absolute atomic E-state index is 3.58. The number of hydrogen-bond donors (Lipinski definition) is 1. The Labute approximate surface area is 107 Å². The van der Waals surface area contributed by atoms with E-state index in [-0.39, 0.29) is 0 Å². The van der Waals surface area contributed by atoms with Crippen LogP contribution in [0.4, 0.5) is 0 Å². The van der Waals surface area contributed by atoms with Crippen LogP contribution in [-0.2, 0) is 0 Å². The molecule has 2 atom stereocenters. The first kappa shape index (κ1) is 14.2. The lowest BCUT2D eigenvalue weighted by molar-refractivity contribution is 0.392. The van der Waals surface area contributed by atoms with Crippen LogP contribution < -0.4 is 5.32 Å². The summed E-state index contributed by atoms with van der Waals surface area (Å²) in [5.41, 5.74) is 1.47. The third-order valence-corrected chi connectivity index (χ3v) is 3.40. The quantitative estimate of drug-likeness (QED) is 0.744. The van der Waals surface area contributed by atoms with Crippen LogP contribution in [0.3, 0.4) is 0 Å². The molecule has 1 N–H and O–H groups in total. The van der Waals surface area contributed by atoms with Crippen LogP contribution >= 0.6 is 0 Å². The molecule has 0 aliphatic carbocycles. The van der Waals surface area contributed by atoms with Crippen LogP contribution in [0.2, 0.25) is 0 Å². The minimum atomic E-state index is 0.565. The Balaban J connectivity index is 2.71. The van der Waals surface area contributed by atoms with Crippen molar-refractivity contribution in [1.29, 1.82) is 0 Å². The molecular formula is C16H27N. The van der Waals surface area contributed by atoms with Gasteiger partial charge in [0.25, 0.3) is 0 Å². The van der Waals surface area contributed by atoms with E-state index in [9.17, 15) is 0 Å². The summed E-state index contributed by atoms with van der Waals surface area (Å²) < 4.78 is 0. The van der Waals surface area contributed by atoms with Gasteiger partial charge in [0.2, 0.25) is 0 Å². The van der Waals surface area contributed by atoms with Crippen molar-refractivity contribution in [2.24, 2.45) is 5.92 Å². The summed E-state index contributed by atoms with van der Waals surface area (Å²) >= 11 is 0. The first-order chi connectivity index (χ1) is 8.15. The monoisotopic (exact) mass is 233 g/mol. The van der Waals surface area contributed by atoms with Crippen molar-refractivity contribution in [3.05, 3.63) is 35.9 Å². The van der Waals surface area contributed by atoms with Gasteiger partial charge in [-0.15, -0.1) is 0 Å². The van der Waals surface area contributed by atoms with Crippen molar-refractivity contribution in [2.45, 2.75) is 52.5 Å². The molecule has 0 aromatic heterocycles. The average molecular weight is 233 g/mol. The molecule has 0 bridgehead atoms. The predicted octanol–water partition coefficient (Wildman–Crippen LogP) is 4.20. The van der Waals surface area contributed by atoms with E-state index in [1.165, 1.54) is 18.4 Å². The Bertz CT molecular complexity index is 292. The zero-order valence-corrected chi connectivity index (χ0v) is 11.7. The Morgan fingerprint density at radius 3 is 2.24 bits per heavy atom. The molecular weight excluding hydrogens is 206 g/mol. The molecule has 0 aliphatic rings. The minimum absolute atomic E-state index is 0.565. The predicted molar refractivity (Wildman–Crippen MR) is 76.4 cm³/mol.